The standard InChI is InChI=1S/C29H27NO2/c1-22-12-11-17-25(20-22)30(24-15-7-4-8-16-24)21-27(23-13-5-3-6-14-23)29(31)26-18-9-10-19-28(26)32-2/h3-11,13-22H,12H2,1-2H3/b27-21+. The molecule has 0 fully saturated rings. The summed E-state index contributed by atoms with van der Waals surface area (Å²) < 4.78 is 5.49. The van der Waals surface area contributed by atoms with Crippen LogP contribution in [0, 0.1) is 5.92 Å². The van der Waals surface area contributed by atoms with E-state index in [4.69, 9.17) is 4.74 Å². The van der Waals surface area contributed by atoms with Crippen molar-refractivity contribution in [2.45, 2.75) is 13.3 Å². The number of carbonyl (C=O) groups is 1. The topological polar surface area (TPSA) is 29.5 Å². The van der Waals surface area contributed by atoms with E-state index in [1.807, 2.05) is 79.0 Å². The molecule has 3 nitrogen and oxygen atoms in total. The third kappa shape index (κ3) is 4.73. The van der Waals surface area contributed by atoms with Crippen LogP contribution in [-0.2, 0) is 0 Å². The van der Waals surface area contributed by atoms with Gasteiger partial charge in [-0.05, 0) is 48.2 Å². The first-order valence-electron chi connectivity index (χ1n) is 10.8. The molecular weight excluding hydrogens is 394 g/mol. The largest absolute Gasteiger partial charge is 0.496 e. The van der Waals surface area contributed by atoms with Gasteiger partial charge in [-0.3, -0.25) is 4.79 Å². The predicted octanol–water partition coefficient (Wildman–Crippen LogP) is 6.91. The van der Waals surface area contributed by atoms with Crippen LogP contribution >= 0.6 is 0 Å². The van der Waals surface area contributed by atoms with Gasteiger partial charge in [0.25, 0.3) is 0 Å². The Morgan fingerprint density at radius 1 is 0.938 bits per heavy atom. The number of rotatable bonds is 7. The van der Waals surface area contributed by atoms with Crippen LogP contribution in [0.1, 0.15) is 29.3 Å². The van der Waals surface area contributed by atoms with Crippen molar-refractivity contribution in [1.82, 2.24) is 0 Å². The lowest BCUT2D eigenvalue weighted by atomic mass is 9.96. The fourth-order valence-corrected chi connectivity index (χ4v) is 3.85. The van der Waals surface area contributed by atoms with Gasteiger partial charge >= 0.3 is 0 Å². The Kier molecular flexibility index (Phi) is 6.66. The van der Waals surface area contributed by atoms with E-state index in [9.17, 15) is 4.79 Å². The van der Waals surface area contributed by atoms with Crippen LogP contribution in [0.2, 0.25) is 0 Å². The van der Waals surface area contributed by atoms with Gasteiger partial charge in [-0.25, -0.2) is 0 Å². The van der Waals surface area contributed by atoms with Crippen molar-refractivity contribution in [2.24, 2.45) is 5.92 Å². The first kappa shape index (κ1) is 21.4. The molecule has 1 aliphatic rings. The van der Waals surface area contributed by atoms with Gasteiger partial charge in [0, 0.05) is 23.2 Å². The van der Waals surface area contributed by atoms with Crippen LogP contribution < -0.4 is 9.64 Å². The maximum absolute atomic E-state index is 13.8. The Hall–Kier alpha value is -3.85. The number of anilines is 1. The smallest absolute Gasteiger partial charge is 0.198 e. The summed E-state index contributed by atoms with van der Waals surface area (Å²) in [6.45, 7) is 2.20. The Balaban J connectivity index is 1.89. The van der Waals surface area contributed by atoms with Crippen LogP contribution in [0.3, 0.4) is 0 Å². The number of ketones is 1. The number of benzene rings is 3. The lowest BCUT2D eigenvalue weighted by Gasteiger charge is -2.26. The molecule has 0 radical (unpaired) electrons. The number of Topliss-reactive ketones (excluding diaryl/α,β-unsaturated/α-hetero) is 1. The van der Waals surface area contributed by atoms with Gasteiger partial charge in [0.05, 0.1) is 12.7 Å². The third-order valence-corrected chi connectivity index (χ3v) is 5.50. The van der Waals surface area contributed by atoms with Gasteiger partial charge in [-0.1, -0.05) is 79.7 Å². The predicted molar refractivity (Wildman–Crippen MR) is 132 cm³/mol. The molecule has 1 unspecified atom stereocenters. The summed E-state index contributed by atoms with van der Waals surface area (Å²) in [6, 6.07) is 27.3. The number of hydrogen-bond donors (Lipinski definition) is 0. The zero-order valence-corrected chi connectivity index (χ0v) is 18.4. The zero-order chi connectivity index (χ0) is 22.3. The molecule has 0 spiro atoms. The minimum Gasteiger partial charge on any atom is -0.496 e. The van der Waals surface area contributed by atoms with Gasteiger partial charge in [-0.2, -0.15) is 0 Å². The molecule has 160 valence electrons. The molecule has 0 amide bonds. The van der Waals surface area contributed by atoms with Gasteiger partial charge in [0.2, 0.25) is 0 Å². The quantitative estimate of drug-likeness (QED) is 0.307. The van der Waals surface area contributed by atoms with Crippen molar-refractivity contribution < 1.29 is 9.53 Å². The van der Waals surface area contributed by atoms with Gasteiger partial charge in [0.1, 0.15) is 5.75 Å². The minimum atomic E-state index is -0.0805. The molecule has 0 saturated carbocycles. The number of carbonyl (C=O) groups excluding carboxylic acids is 1. The van der Waals surface area contributed by atoms with Crippen molar-refractivity contribution in [1.29, 1.82) is 0 Å². The summed E-state index contributed by atoms with van der Waals surface area (Å²) >= 11 is 0. The molecule has 0 N–H and O–H groups in total. The monoisotopic (exact) mass is 421 g/mol. The highest BCUT2D eigenvalue weighted by Crippen LogP contribution is 2.31. The highest BCUT2D eigenvalue weighted by molar-refractivity contribution is 6.30. The zero-order valence-electron chi connectivity index (χ0n) is 18.4. The van der Waals surface area contributed by atoms with Crippen LogP contribution in [0.25, 0.3) is 5.57 Å². The average molecular weight is 422 g/mol. The highest BCUT2D eigenvalue weighted by atomic mass is 16.5. The maximum Gasteiger partial charge on any atom is 0.198 e. The normalized spacial score (nSPS) is 15.8. The Morgan fingerprint density at radius 2 is 1.59 bits per heavy atom. The average Bonchev–Trinajstić information content (AvgIpc) is 2.85. The maximum atomic E-state index is 13.8. The summed E-state index contributed by atoms with van der Waals surface area (Å²) in [5, 5.41) is 0. The molecule has 3 aromatic carbocycles. The number of nitrogens with zero attached hydrogens (tertiary/aromatic N) is 1. The summed E-state index contributed by atoms with van der Waals surface area (Å²) in [6.07, 6.45) is 9.53. The van der Waals surface area contributed by atoms with Gasteiger partial charge in [-0.15, -0.1) is 0 Å². The second-order valence-electron chi connectivity index (χ2n) is 7.85. The number of methoxy groups -OCH3 is 1. The molecule has 3 aromatic rings. The summed E-state index contributed by atoms with van der Waals surface area (Å²) in [5.41, 5.74) is 4.05. The molecular formula is C29H27NO2. The van der Waals surface area contributed by atoms with Crippen molar-refractivity contribution in [3.8, 4) is 5.75 Å². The van der Waals surface area contributed by atoms with E-state index in [2.05, 4.69) is 42.2 Å². The van der Waals surface area contributed by atoms with Crippen LogP contribution in [0.15, 0.2) is 115 Å². The van der Waals surface area contributed by atoms with Gasteiger partial charge in [0.15, 0.2) is 5.78 Å². The van der Waals surface area contributed by atoms with E-state index in [1.54, 1.807) is 7.11 Å². The summed E-state index contributed by atoms with van der Waals surface area (Å²) in [5.74, 6) is 0.915. The van der Waals surface area contributed by atoms with E-state index in [1.165, 1.54) is 0 Å². The summed E-state index contributed by atoms with van der Waals surface area (Å²) in [4.78, 5) is 15.9. The molecule has 1 aliphatic carbocycles. The molecule has 0 saturated heterocycles. The molecule has 0 bridgehead atoms. The third-order valence-electron chi connectivity index (χ3n) is 5.50. The molecule has 0 aromatic heterocycles. The van der Waals surface area contributed by atoms with E-state index in [0.717, 1.165) is 23.4 Å². The van der Waals surface area contributed by atoms with Gasteiger partial charge < -0.3 is 9.64 Å². The number of para-hydroxylation sites is 2. The molecule has 3 heteroatoms. The fraction of sp³-hybridized carbons (Fsp3) is 0.138. The first-order valence-corrected chi connectivity index (χ1v) is 10.8. The highest BCUT2D eigenvalue weighted by Gasteiger charge is 2.21. The molecule has 4 rings (SSSR count). The lowest BCUT2D eigenvalue weighted by molar-refractivity contribution is 0.105. The van der Waals surface area contributed by atoms with Crippen LogP contribution in [0.5, 0.6) is 5.75 Å². The van der Waals surface area contributed by atoms with E-state index in [-0.39, 0.29) is 5.78 Å². The van der Waals surface area contributed by atoms with E-state index < -0.39 is 0 Å². The summed E-state index contributed by atoms with van der Waals surface area (Å²) in [7, 11) is 1.59. The Labute approximate surface area is 190 Å². The van der Waals surface area contributed by atoms with Crippen molar-refractivity contribution >= 4 is 17.0 Å². The van der Waals surface area contributed by atoms with Crippen molar-refractivity contribution in [2.75, 3.05) is 12.0 Å². The molecule has 0 aliphatic heterocycles. The number of allylic oxidation sites excluding steroid dienone is 4. The van der Waals surface area contributed by atoms with Crippen LogP contribution in [-0.4, -0.2) is 12.9 Å². The molecule has 0 heterocycles. The van der Waals surface area contributed by atoms with Crippen molar-refractivity contribution in [3.63, 3.8) is 0 Å². The van der Waals surface area contributed by atoms with E-state index >= 15 is 0 Å². The molecule has 1 atom stereocenters. The molecule has 32 heavy (non-hydrogen) atoms. The SMILES string of the molecule is COc1ccccc1C(=O)/C(=C/N(C1=CC(C)CC=C1)c1ccccc1)c1ccccc1. The Morgan fingerprint density at radius 3 is 2.28 bits per heavy atom. The fourth-order valence-electron chi connectivity index (χ4n) is 3.85. The Bertz CT molecular complexity index is 1160. The number of hydrogen-bond acceptors (Lipinski definition) is 3. The lowest BCUT2D eigenvalue weighted by Crippen LogP contribution is -2.19. The second kappa shape index (κ2) is 9.97. The first-order chi connectivity index (χ1) is 15.7. The van der Waals surface area contributed by atoms with E-state index in [0.29, 0.717) is 22.8 Å². The second-order valence-corrected chi connectivity index (χ2v) is 7.85. The number of ether oxygens (including phenoxy) is 1. The van der Waals surface area contributed by atoms with Crippen LogP contribution in [0.4, 0.5) is 5.69 Å². The minimum absolute atomic E-state index is 0.0805. The van der Waals surface area contributed by atoms with Crippen molar-refractivity contribution in [3.05, 3.63) is 126 Å².